The Labute approximate surface area is 69.1 Å². The molecule has 0 heterocycles. The van der Waals surface area contributed by atoms with Crippen LogP contribution in [0.25, 0.3) is 0 Å². The normalized spacial score (nSPS) is 38.1. The molecule has 70 valence electrons. The fourth-order valence-electron chi connectivity index (χ4n) is 1.63. The summed E-state index contributed by atoms with van der Waals surface area (Å²) in [6.07, 6.45) is 1.18. The van der Waals surface area contributed by atoms with Crippen molar-refractivity contribution in [1.82, 2.24) is 0 Å². The van der Waals surface area contributed by atoms with Gasteiger partial charge in [-0.25, -0.2) is 15.2 Å². The first-order chi connectivity index (χ1) is 5.48. The lowest BCUT2D eigenvalue weighted by atomic mass is 9.95. The average molecular weight is 176 g/mol. The first-order valence-corrected chi connectivity index (χ1v) is 3.73. The van der Waals surface area contributed by atoms with Gasteiger partial charge in [0.25, 0.3) is 0 Å². The first-order valence-electron chi connectivity index (χ1n) is 3.73. The fraction of sp³-hybridized carbons (Fsp3) is 0.833. The lowest BCUT2D eigenvalue weighted by Crippen LogP contribution is -3.12. The van der Waals surface area contributed by atoms with Gasteiger partial charge in [-0.1, -0.05) is 0 Å². The van der Waals surface area contributed by atoms with Gasteiger partial charge >= 0.3 is 5.97 Å². The maximum atomic E-state index is 10.6. The summed E-state index contributed by atoms with van der Waals surface area (Å²) < 4.78 is 0. The number of carbonyl (C=O) groups is 1. The van der Waals surface area contributed by atoms with Crippen molar-refractivity contribution in [2.24, 2.45) is 5.73 Å². The molecule has 6 heteroatoms. The van der Waals surface area contributed by atoms with E-state index in [0.717, 1.165) is 0 Å². The van der Waals surface area contributed by atoms with Gasteiger partial charge in [-0.2, -0.15) is 0 Å². The number of hydrogen-bond donors (Lipinski definition) is 4. The van der Waals surface area contributed by atoms with E-state index in [1.807, 2.05) is 0 Å². The lowest BCUT2D eigenvalue weighted by Gasteiger charge is -2.30. The number of nitrogens with two attached hydrogens (primary N) is 1. The van der Waals surface area contributed by atoms with Crippen LogP contribution in [0.2, 0.25) is 0 Å². The molecule has 1 aliphatic rings. The van der Waals surface area contributed by atoms with Crippen LogP contribution in [0, 0.1) is 5.21 Å². The lowest BCUT2D eigenvalue weighted by molar-refractivity contribution is -1.07. The number of hydrogen-bond acceptors (Lipinski definition) is 4. The molecule has 0 bridgehead atoms. The van der Waals surface area contributed by atoms with Crippen molar-refractivity contribution in [2.75, 3.05) is 0 Å². The quantitative estimate of drug-likeness (QED) is 0.367. The molecular weight excluding hydrogens is 164 g/mol. The Morgan fingerprint density at radius 3 is 2.67 bits per heavy atom. The third-order valence-corrected chi connectivity index (χ3v) is 2.40. The average Bonchev–Trinajstić information content (AvgIpc) is 2.32. The summed E-state index contributed by atoms with van der Waals surface area (Å²) in [5, 5.41) is 26.8. The number of carboxylic acids is 1. The highest BCUT2D eigenvalue weighted by Crippen LogP contribution is 2.26. The highest BCUT2D eigenvalue weighted by atomic mass is 16.8. The number of rotatable bonds is 2. The summed E-state index contributed by atoms with van der Waals surface area (Å²) in [4.78, 5) is 10.6. The predicted molar refractivity (Wildman–Crippen MR) is 38.3 cm³/mol. The molecular formula is C6H12N2O4. The van der Waals surface area contributed by atoms with E-state index in [1.165, 1.54) is 0 Å². The molecule has 0 aliphatic heterocycles. The topological polar surface area (TPSA) is 111 Å². The standard InChI is InChI=1S/C6H12N2O4/c7-6(5(9)10)3-1-2-4(6)8(11)12/h4,8,11H,1-3,7H2,(H,9,10). The van der Waals surface area contributed by atoms with Gasteiger partial charge in [0.2, 0.25) is 0 Å². The zero-order chi connectivity index (χ0) is 9.35. The number of hydroxylamine groups is 2. The number of quaternary nitrogens is 1. The molecule has 3 unspecified atom stereocenters. The van der Waals surface area contributed by atoms with Crippen LogP contribution in [0.1, 0.15) is 19.3 Å². The molecule has 5 N–H and O–H groups in total. The Balaban J connectivity index is 2.81. The van der Waals surface area contributed by atoms with Gasteiger partial charge in [0.15, 0.2) is 5.54 Å². The Morgan fingerprint density at radius 1 is 1.75 bits per heavy atom. The molecule has 1 fully saturated rings. The van der Waals surface area contributed by atoms with E-state index in [4.69, 9.17) is 16.0 Å². The Bertz CT molecular complexity index is 196. The van der Waals surface area contributed by atoms with Crippen LogP contribution in [0.3, 0.4) is 0 Å². The van der Waals surface area contributed by atoms with Gasteiger partial charge in [-0.3, -0.25) is 0 Å². The predicted octanol–water partition coefficient (Wildman–Crippen LogP) is -1.91. The van der Waals surface area contributed by atoms with Crippen molar-refractivity contribution >= 4 is 5.97 Å². The molecule has 12 heavy (non-hydrogen) atoms. The van der Waals surface area contributed by atoms with Gasteiger partial charge < -0.3 is 16.0 Å². The smallest absolute Gasteiger partial charge is 0.330 e. The third-order valence-electron chi connectivity index (χ3n) is 2.40. The van der Waals surface area contributed by atoms with E-state index in [9.17, 15) is 10.0 Å². The summed E-state index contributed by atoms with van der Waals surface area (Å²) >= 11 is 0. The Hall–Kier alpha value is -0.690. The maximum absolute atomic E-state index is 10.6. The minimum absolute atomic E-state index is 0.249. The molecule has 0 aromatic heterocycles. The molecule has 0 saturated heterocycles. The highest BCUT2D eigenvalue weighted by Gasteiger charge is 2.50. The fourth-order valence-corrected chi connectivity index (χ4v) is 1.63. The number of nitrogens with one attached hydrogen (secondary N) is 1. The van der Waals surface area contributed by atoms with Crippen LogP contribution in [-0.2, 0) is 4.79 Å². The van der Waals surface area contributed by atoms with E-state index in [0.29, 0.717) is 12.8 Å². The molecule has 0 amide bonds. The van der Waals surface area contributed by atoms with Crippen molar-refractivity contribution < 1.29 is 20.3 Å². The Morgan fingerprint density at radius 2 is 2.33 bits per heavy atom. The summed E-state index contributed by atoms with van der Waals surface area (Å²) in [6.45, 7) is 0. The molecule has 6 nitrogen and oxygen atoms in total. The largest absolute Gasteiger partial charge is 0.600 e. The van der Waals surface area contributed by atoms with Gasteiger partial charge in [-0.15, -0.1) is 0 Å². The van der Waals surface area contributed by atoms with Crippen LogP contribution in [0.15, 0.2) is 0 Å². The van der Waals surface area contributed by atoms with Crippen molar-refractivity contribution in [3.8, 4) is 0 Å². The van der Waals surface area contributed by atoms with Crippen molar-refractivity contribution in [3.63, 3.8) is 0 Å². The summed E-state index contributed by atoms with van der Waals surface area (Å²) in [5.41, 5.74) is 3.92. The van der Waals surface area contributed by atoms with Crippen LogP contribution in [-0.4, -0.2) is 27.9 Å². The number of aliphatic carboxylic acids is 1. The minimum atomic E-state index is -1.55. The second-order valence-corrected chi connectivity index (χ2v) is 3.13. The molecule has 1 saturated carbocycles. The van der Waals surface area contributed by atoms with Crippen LogP contribution >= 0.6 is 0 Å². The number of carboxylic acid groups (broad SMARTS) is 1. The van der Waals surface area contributed by atoms with E-state index in [2.05, 4.69) is 0 Å². The van der Waals surface area contributed by atoms with E-state index in [1.54, 1.807) is 0 Å². The summed E-state index contributed by atoms with van der Waals surface area (Å²) in [5.74, 6) is -1.22. The molecule has 0 spiro atoms. The van der Waals surface area contributed by atoms with Crippen LogP contribution in [0.5, 0.6) is 0 Å². The van der Waals surface area contributed by atoms with Gasteiger partial charge in [0, 0.05) is 6.42 Å². The van der Waals surface area contributed by atoms with E-state index >= 15 is 0 Å². The first kappa shape index (κ1) is 9.40. The third kappa shape index (κ3) is 1.29. The monoisotopic (exact) mass is 176 g/mol. The molecule has 1 rings (SSSR count). The van der Waals surface area contributed by atoms with Crippen molar-refractivity contribution in [2.45, 2.75) is 30.8 Å². The minimum Gasteiger partial charge on any atom is -0.600 e. The summed E-state index contributed by atoms with van der Waals surface area (Å²) in [7, 11) is 0. The molecule has 3 atom stereocenters. The zero-order valence-electron chi connectivity index (χ0n) is 6.49. The zero-order valence-corrected chi connectivity index (χ0v) is 6.49. The molecule has 0 aromatic carbocycles. The molecule has 0 aromatic rings. The SMILES string of the molecule is NC1(C(=O)O)CCCC1[NH+]([O-])O. The highest BCUT2D eigenvalue weighted by molar-refractivity contribution is 5.79. The maximum Gasteiger partial charge on any atom is 0.330 e. The van der Waals surface area contributed by atoms with Gasteiger partial charge in [0.05, 0.1) is 0 Å². The van der Waals surface area contributed by atoms with Gasteiger partial charge in [0.1, 0.15) is 6.04 Å². The molecule has 0 radical (unpaired) electrons. The molecule has 1 aliphatic carbocycles. The van der Waals surface area contributed by atoms with Crippen molar-refractivity contribution in [3.05, 3.63) is 5.21 Å². The summed E-state index contributed by atoms with van der Waals surface area (Å²) in [6, 6.07) is -0.935. The van der Waals surface area contributed by atoms with E-state index in [-0.39, 0.29) is 6.42 Å². The van der Waals surface area contributed by atoms with Crippen LogP contribution in [0.4, 0.5) is 0 Å². The Kier molecular flexibility index (Phi) is 2.34. The van der Waals surface area contributed by atoms with Gasteiger partial charge in [-0.05, 0) is 12.8 Å². The van der Waals surface area contributed by atoms with Crippen LogP contribution < -0.4 is 11.0 Å². The second kappa shape index (κ2) is 2.98. The van der Waals surface area contributed by atoms with E-state index < -0.39 is 22.8 Å². The second-order valence-electron chi connectivity index (χ2n) is 3.13. The van der Waals surface area contributed by atoms with Crippen molar-refractivity contribution in [1.29, 1.82) is 0 Å².